The summed E-state index contributed by atoms with van der Waals surface area (Å²) in [7, 11) is -3.74. The minimum absolute atomic E-state index is 0.112. The molecule has 8 nitrogen and oxygen atoms in total. The number of nitrogens with zero attached hydrogens (tertiary/aromatic N) is 4. The number of fused-ring (bicyclic) bond motifs is 2. The van der Waals surface area contributed by atoms with Crippen molar-refractivity contribution in [1.82, 2.24) is 24.1 Å². The van der Waals surface area contributed by atoms with Crippen LogP contribution in [-0.4, -0.2) is 33.8 Å². The van der Waals surface area contributed by atoms with Gasteiger partial charge < -0.3 is 0 Å². The molecule has 154 valence electrons. The second-order valence-corrected chi connectivity index (χ2v) is 9.24. The first-order chi connectivity index (χ1) is 13.9. The lowest BCUT2D eigenvalue weighted by atomic mass is 10.1. The lowest BCUT2D eigenvalue weighted by Gasteiger charge is -2.17. The van der Waals surface area contributed by atoms with E-state index in [0.717, 1.165) is 23.2 Å². The Morgan fingerprint density at radius 2 is 2.10 bits per heavy atom. The Morgan fingerprint density at radius 3 is 2.90 bits per heavy atom. The topological polar surface area (TPSA) is 98.9 Å². The summed E-state index contributed by atoms with van der Waals surface area (Å²) in [5, 5.41) is 5.21. The summed E-state index contributed by atoms with van der Waals surface area (Å²) >= 11 is 0. The third kappa shape index (κ3) is 3.84. The van der Waals surface area contributed by atoms with E-state index in [4.69, 9.17) is 0 Å². The van der Waals surface area contributed by atoms with Crippen molar-refractivity contribution < 1.29 is 8.42 Å². The molecule has 0 fully saturated rings. The smallest absolute Gasteiger partial charge is 0.279 e. The van der Waals surface area contributed by atoms with Crippen LogP contribution in [0.2, 0.25) is 0 Å². The summed E-state index contributed by atoms with van der Waals surface area (Å²) in [4.78, 5) is 17.0. The predicted molar refractivity (Wildman–Crippen MR) is 110 cm³/mol. The Labute approximate surface area is 169 Å². The molecule has 0 spiro atoms. The van der Waals surface area contributed by atoms with E-state index in [2.05, 4.69) is 14.8 Å². The van der Waals surface area contributed by atoms with E-state index >= 15 is 0 Å². The molecule has 4 rings (SSSR count). The molecular weight excluding hydrogens is 390 g/mol. The molecule has 0 amide bonds. The molecule has 2 aromatic heterocycles. The van der Waals surface area contributed by atoms with Gasteiger partial charge in [0.05, 0.1) is 5.52 Å². The molecular formula is C20H25N5O3S. The Hall–Kier alpha value is -2.52. The van der Waals surface area contributed by atoms with Gasteiger partial charge in [-0.05, 0) is 43.9 Å². The van der Waals surface area contributed by atoms with Gasteiger partial charge in [-0.3, -0.25) is 9.55 Å². The van der Waals surface area contributed by atoms with Crippen molar-refractivity contribution in [3.8, 4) is 0 Å². The zero-order valence-electron chi connectivity index (χ0n) is 16.6. The third-order valence-corrected chi connectivity index (χ3v) is 6.83. The van der Waals surface area contributed by atoms with Crippen molar-refractivity contribution in [3.63, 3.8) is 0 Å². The van der Waals surface area contributed by atoms with Crippen molar-refractivity contribution in [3.05, 3.63) is 52.3 Å². The van der Waals surface area contributed by atoms with Crippen molar-refractivity contribution in [2.45, 2.75) is 63.6 Å². The van der Waals surface area contributed by atoms with Gasteiger partial charge in [-0.1, -0.05) is 19.1 Å². The summed E-state index contributed by atoms with van der Waals surface area (Å²) in [5.41, 5.74) is 1.33. The summed E-state index contributed by atoms with van der Waals surface area (Å²) < 4.78 is 32.2. The number of hydrogen-bond acceptors (Lipinski definition) is 5. The van der Waals surface area contributed by atoms with Gasteiger partial charge >= 0.3 is 5.69 Å². The highest BCUT2D eigenvalue weighted by atomic mass is 32.2. The second kappa shape index (κ2) is 7.72. The van der Waals surface area contributed by atoms with Crippen molar-refractivity contribution in [2.75, 3.05) is 0 Å². The summed E-state index contributed by atoms with van der Waals surface area (Å²) in [6.07, 6.45) is 4.22. The molecule has 3 heterocycles. The van der Waals surface area contributed by atoms with Crippen LogP contribution < -0.4 is 10.4 Å². The van der Waals surface area contributed by atoms with Crippen LogP contribution in [0.4, 0.5) is 0 Å². The maximum absolute atomic E-state index is 13.1. The van der Waals surface area contributed by atoms with Crippen molar-refractivity contribution >= 4 is 20.9 Å². The largest absolute Gasteiger partial charge is 0.345 e. The van der Waals surface area contributed by atoms with Crippen LogP contribution in [0.3, 0.4) is 0 Å². The SMILES string of the molecule is CCCn1nc2n(c1=O)CCC(NS(=O)(=O)c1cccc3cc(C)cnc13)CC2. The standard InChI is InChI=1S/C20H25N5O3S/c1-3-10-25-20(26)24-11-9-16(7-8-18(24)22-25)23-29(27,28)17-6-4-5-15-12-14(2)13-21-19(15)17/h4-6,12-13,16,23H,3,7-11H2,1-2H3. The number of rotatable bonds is 5. The highest BCUT2D eigenvalue weighted by molar-refractivity contribution is 7.89. The number of sulfonamides is 1. The van der Waals surface area contributed by atoms with Gasteiger partial charge in [-0.2, -0.15) is 5.10 Å². The first-order valence-electron chi connectivity index (χ1n) is 9.93. The minimum Gasteiger partial charge on any atom is -0.279 e. The van der Waals surface area contributed by atoms with Crippen LogP contribution in [0.5, 0.6) is 0 Å². The van der Waals surface area contributed by atoms with Gasteiger partial charge in [0.25, 0.3) is 0 Å². The molecule has 1 aliphatic heterocycles. The summed E-state index contributed by atoms with van der Waals surface area (Å²) in [6.45, 7) is 4.99. The number of nitrogens with one attached hydrogen (secondary N) is 1. The number of aromatic nitrogens is 4. The molecule has 0 radical (unpaired) electrons. The lowest BCUT2D eigenvalue weighted by molar-refractivity contribution is 0.484. The van der Waals surface area contributed by atoms with Crippen LogP contribution in [0, 0.1) is 6.92 Å². The molecule has 3 aromatic rings. The van der Waals surface area contributed by atoms with Gasteiger partial charge in [-0.25, -0.2) is 22.6 Å². The average Bonchev–Trinajstić information content (AvgIpc) is 2.84. The van der Waals surface area contributed by atoms with Crippen LogP contribution >= 0.6 is 0 Å². The van der Waals surface area contributed by atoms with Gasteiger partial charge in [0.15, 0.2) is 0 Å². The Morgan fingerprint density at radius 1 is 1.28 bits per heavy atom. The third-order valence-electron chi connectivity index (χ3n) is 5.27. The van der Waals surface area contributed by atoms with E-state index in [1.165, 1.54) is 4.68 Å². The molecule has 1 aromatic carbocycles. The van der Waals surface area contributed by atoms with E-state index < -0.39 is 10.0 Å². The van der Waals surface area contributed by atoms with E-state index in [-0.39, 0.29) is 16.6 Å². The van der Waals surface area contributed by atoms with Gasteiger partial charge in [0.1, 0.15) is 10.7 Å². The lowest BCUT2D eigenvalue weighted by Crippen LogP contribution is -2.36. The Bertz CT molecular complexity index is 1210. The van der Waals surface area contributed by atoms with E-state index in [0.29, 0.717) is 37.9 Å². The first-order valence-corrected chi connectivity index (χ1v) is 11.4. The average molecular weight is 416 g/mol. The maximum Gasteiger partial charge on any atom is 0.345 e. The maximum atomic E-state index is 13.1. The zero-order valence-corrected chi connectivity index (χ0v) is 17.4. The van der Waals surface area contributed by atoms with Gasteiger partial charge in [0.2, 0.25) is 10.0 Å². The zero-order chi connectivity index (χ0) is 20.6. The first kappa shape index (κ1) is 19.8. The van der Waals surface area contributed by atoms with Crippen molar-refractivity contribution in [1.29, 1.82) is 0 Å². The number of hydrogen-bond donors (Lipinski definition) is 1. The molecule has 1 aliphatic rings. The van der Waals surface area contributed by atoms with Crippen LogP contribution in [0.1, 0.15) is 37.6 Å². The van der Waals surface area contributed by atoms with Gasteiger partial charge in [0, 0.05) is 37.1 Å². The fourth-order valence-corrected chi connectivity index (χ4v) is 5.33. The van der Waals surface area contributed by atoms with Gasteiger partial charge in [-0.15, -0.1) is 0 Å². The normalized spacial score (nSPS) is 17.2. The van der Waals surface area contributed by atoms with Crippen molar-refractivity contribution in [2.24, 2.45) is 0 Å². The number of para-hydroxylation sites is 1. The predicted octanol–water partition coefficient (Wildman–Crippen LogP) is 1.99. The summed E-state index contributed by atoms with van der Waals surface area (Å²) in [6, 6.07) is 6.84. The molecule has 0 aliphatic carbocycles. The fraction of sp³-hybridized carbons (Fsp3) is 0.450. The molecule has 0 saturated heterocycles. The Kier molecular flexibility index (Phi) is 5.26. The summed E-state index contributed by atoms with van der Waals surface area (Å²) in [5.74, 6) is 0.729. The molecule has 9 heteroatoms. The molecule has 0 saturated carbocycles. The highest BCUT2D eigenvalue weighted by Crippen LogP contribution is 2.23. The van der Waals surface area contributed by atoms with E-state index in [1.807, 2.05) is 26.0 Å². The number of pyridine rings is 1. The monoisotopic (exact) mass is 415 g/mol. The highest BCUT2D eigenvalue weighted by Gasteiger charge is 2.26. The quantitative estimate of drug-likeness (QED) is 0.687. The van der Waals surface area contributed by atoms with E-state index in [1.54, 1.807) is 22.9 Å². The van der Waals surface area contributed by atoms with E-state index in [9.17, 15) is 13.2 Å². The minimum atomic E-state index is -3.74. The molecule has 1 unspecified atom stereocenters. The van der Waals surface area contributed by atoms with Crippen LogP contribution in [0.25, 0.3) is 10.9 Å². The molecule has 29 heavy (non-hydrogen) atoms. The molecule has 1 N–H and O–H groups in total. The molecule has 1 atom stereocenters. The second-order valence-electron chi connectivity index (χ2n) is 7.56. The Balaban J connectivity index is 1.56. The van der Waals surface area contributed by atoms with Crippen LogP contribution in [-0.2, 0) is 29.5 Å². The number of benzene rings is 1. The fourth-order valence-electron chi connectivity index (χ4n) is 3.85. The van der Waals surface area contributed by atoms with Crippen LogP contribution in [0.15, 0.2) is 40.2 Å². The molecule has 0 bridgehead atoms. The number of aryl methyl sites for hydroxylation is 3.